The van der Waals surface area contributed by atoms with E-state index in [1.807, 2.05) is 46.8 Å². The topological polar surface area (TPSA) is 16.1 Å². The summed E-state index contributed by atoms with van der Waals surface area (Å²) in [5.74, 6) is 4.59. The predicted molar refractivity (Wildman–Crippen MR) is 143 cm³/mol. The van der Waals surface area contributed by atoms with Crippen molar-refractivity contribution in [2.45, 2.75) is 93.9 Å². The summed E-state index contributed by atoms with van der Waals surface area (Å²) in [5, 5.41) is 0. The zero-order valence-corrected chi connectivity index (χ0v) is 22.2. The van der Waals surface area contributed by atoms with Crippen LogP contribution in [0.5, 0.6) is 0 Å². The van der Waals surface area contributed by atoms with Gasteiger partial charge in [-0.25, -0.2) is 0 Å². The number of aromatic nitrogens is 1. The van der Waals surface area contributed by atoms with Crippen molar-refractivity contribution >= 4 is 6.08 Å². The monoisotopic (exact) mass is 436 g/mol. The summed E-state index contributed by atoms with van der Waals surface area (Å²) in [7, 11) is 0. The maximum atomic E-state index is 5.35. The largest absolute Gasteiger partial charge is 0.375 e. The van der Waals surface area contributed by atoms with Crippen LogP contribution in [0.3, 0.4) is 0 Å². The lowest BCUT2D eigenvalue weighted by Gasteiger charge is -2.42. The number of rotatable bonds is 5. The van der Waals surface area contributed by atoms with E-state index in [9.17, 15) is 0 Å². The molecule has 3 rings (SSSR count). The lowest BCUT2D eigenvalue weighted by atomic mass is 9.71. The number of likely N-dealkylation sites (tertiary alicyclic amines) is 1. The average Bonchev–Trinajstić information content (AvgIpc) is 2.75. The van der Waals surface area contributed by atoms with Gasteiger partial charge in [0.2, 0.25) is 0 Å². The summed E-state index contributed by atoms with van der Waals surface area (Å²) >= 11 is 0. The lowest BCUT2D eigenvalue weighted by molar-refractivity contribution is 0.136. The number of pyridine rings is 1. The first-order valence-corrected chi connectivity index (χ1v) is 12.7. The van der Waals surface area contributed by atoms with Crippen LogP contribution in [0.4, 0.5) is 0 Å². The van der Waals surface area contributed by atoms with Gasteiger partial charge >= 0.3 is 0 Å². The minimum atomic E-state index is 0.556. The number of nitrogens with zero attached hydrogens (tertiary/aromatic N) is 2. The minimum absolute atomic E-state index is 0.556. The number of terminal acetylenes is 1. The molecule has 178 valence electrons. The highest BCUT2D eigenvalue weighted by Crippen LogP contribution is 2.40. The first kappa shape index (κ1) is 28.0. The summed E-state index contributed by atoms with van der Waals surface area (Å²) in [6.45, 7) is 23.9. The van der Waals surface area contributed by atoms with Crippen molar-refractivity contribution in [3.63, 3.8) is 0 Å². The summed E-state index contributed by atoms with van der Waals surface area (Å²) in [6.07, 6.45) is 19.3. The molecule has 0 atom stereocenters. The molecule has 0 bridgehead atoms. The van der Waals surface area contributed by atoms with Crippen LogP contribution in [0, 0.1) is 43.4 Å². The third kappa shape index (κ3) is 8.16. The lowest BCUT2D eigenvalue weighted by Crippen LogP contribution is -2.37. The Kier molecular flexibility index (Phi) is 11.8. The Morgan fingerprint density at radius 2 is 1.81 bits per heavy atom. The average molecular weight is 437 g/mol. The highest BCUT2D eigenvalue weighted by atomic mass is 15.1. The van der Waals surface area contributed by atoms with Crippen LogP contribution in [0.2, 0.25) is 0 Å². The number of piperidine rings is 1. The second-order valence-corrected chi connectivity index (χ2v) is 9.97. The molecule has 0 radical (unpaired) electrons. The molecule has 32 heavy (non-hydrogen) atoms. The van der Waals surface area contributed by atoms with Crippen LogP contribution < -0.4 is 0 Å². The van der Waals surface area contributed by atoms with Gasteiger partial charge in [-0.05, 0) is 81.3 Å². The van der Waals surface area contributed by atoms with Crippen LogP contribution in [0.15, 0.2) is 24.5 Å². The first-order valence-electron chi connectivity index (χ1n) is 12.7. The van der Waals surface area contributed by atoms with Gasteiger partial charge in [0, 0.05) is 36.2 Å². The zero-order chi connectivity index (χ0) is 24.3. The van der Waals surface area contributed by atoms with Gasteiger partial charge < -0.3 is 4.90 Å². The molecular weight excluding hydrogens is 388 g/mol. The van der Waals surface area contributed by atoms with E-state index in [-0.39, 0.29) is 0 Å². The van der Waals surface area contributed by atoms with Gasteiger partial charge in [-0.2, -0.15) is 0 Å². The summed E-state index contributed by atoms with van der Waals surface area (Å²) < 4.78 is 0. The normalized spacial score (nSPS) is 21.4. The minimum Gasteiger partial charge on any atom is -0.375 e. The van der Waals surface area contributed by atoms with Crippen molar-refractivity contribution in [3.8, 4) is 12.3 Å². The van der Waals surface area contributed by atoms with Crippen molar-refractivity contribution in [3.05, 3.63) is 46.9 Å². The standard InChI is InChI=1S/C16H29N.C12H13N.C2H6/c1-5-14-11-15(12-14)10-13(2)17-8-6-16(3,4)7-9-17;1-5-7-12-9(3)11(6-2)8-13-10(12)4;1-2/h14-15H,2,5-12H2,1,3-4H3;2,5,7-8H,1,3-4H3;1-2H3/b;7-5-;. The summed E-state index contributed by atoms with van der Waals surface area (Å²) in [5.41, 5.74) is 6.14. The molecule has 1 saturated carbocycles. The van der Waals surface area contributed by atoms with E-state index in [1.54, 1.807) is 6.20 Å². The van der Waals surface area contributed by atoms with Gasteiger partial charge in [0.15, 0.2) is 0 Å². The molecule has 2 fully saturated rings. The molecule has 0 N–H and O–H groups in total. The maximum absolute atomic E-state index is 5.35. The number of aryl methyl sites for hydroxylation is 1. The molecule has 0 unspecified atom stereocenters. The molecule has 1 aromatic rings. The van der Waals surface area contributed by atoms with Crippen molar-refractivity contribution < 1.29 is 0 Å². The molecule has 2 heteroatoms. The van der Waals surface area contributed by atoms with E-state index < -0.39 is 0 Å². The fourth-order valence-corrected chi connectivity index (χ4v) is 4.57. The van der Waals surface area contributed by atoms with Crippen LogP contribution in [0.1, 0.15) is 102 Å². The molecule has 0 aromatic carbocycles. The van der Waals surface area contributed by atoms with Crippen molar-refractivity contribution in [2.24, 2.45) is 17.3 Å². The van der Waals surface area contributed by atoms with Gasteiger partial charge in [0.25, 0.3) is 0 Å². The highest BCUT2D eigenvalue weighted by Gasteiger charge is 2.30. The second-order valence-electron chi connectivity index (χ2n) is 9.97. The van der Waals surface area contributed by atoms with Gasteiger partial charge in [-0.1, -0.05) is 65.7 Å². The van der Waals surface area contributed by atoms with Crippen LogP contribution in [-0.2, 0) is 0 Å². The fourth-order valence-electron chi connectivity index (χ4n) is 4.57. The number of hydrogen-bond donors (Lipinski definition) is 0. The van der Waals surface area contributed by atoms with Crippen molar-refractivity contribution in [2.75, 3.05) is 13.1 Å². The van der Waals surface area contributed by atoms with Crippen molar-refractivity contribution in [1.82, 2.24) is 9.88 Å². The molecule has 2 nitrogen and oxygen atoms in total. The van der Waals surface area contributed by atoms with E-state index in [4.69, 9.17) is 6.42 Å². The Hall–Kier alpha value is -2.01. The van der Waals surface area contributed by atoms with E-state index in [0.29, 0.717) is 5.41 Å². The van der Waals surface area contributed by atoms with Gasteiger partial charge in [0.05, 0.1) is 0 Å². The highest BCUT2D eigenvalue weighted by molar-refractivity contribution is 5.59. The zero-order valence-electron chi connectivity index (χ0n) is 22.2. The summed E-state index contributed by atoms with van der Waals surface area (Å²) in [4.78, 5) is 6.78. The smallest absolute Gasteiger partial charge is 0.0461 e. The molecule has 2 heterocycles. The Labute approximate surface area is 199 Å². The van der Waals surface area contributed by atoms with Gasteiger partial charge in [0.1, 0.15) is 0 Å². The Morgan fingerprint density at radius 3 is 2.31 bits per heavy atom. The second kappa shape index (κ2) is 13.5. The number of hydrogen-bond acceptors (Lipinski definition) is 2. The van der Waals surface area contributed by atoms with E-state index in [0.717, 1.165) is 34.2 Å². The molecular formula is C30H48N2. The van der Waals surface area contributed by atoms with Crippen LogP contribution >= 0.6 is 0 Å². The third-order valence-corrected chi connectivity index (χ3v) is 7.07. The third-order valence-electron chi connectivity index (χ3n) is 7.07. The predicted octanol–water partition coefficient (Wildman–Crippen LogP) is 8.19. The molecule has 1 aliphatic heterocycles. The van der Waals surface area contributed by atoms with Crippen molar-refractivity contribution in [1.29, 1.82) is 0 Å². The maximum Gasteiger partial charge on any atom is 0.0461 e. The van der Waals surface area contributed by atoms with Crippen LogP contribution in [0.25, 0.3) is 6.08 Å². The fraction of sp³-hybridized carbons (Fsp3) is 0.633. The SMILES string of the molecule is C#Cc1cnc(C)c(/C=C\C)c1C.C=C(CC1CC(CC)C1)N1CCC(C)(C)CC1.CC. The van der Waals surface area contributed by atoms with Gasteiger partial charge in [-0.3, -0.25) is 4.98 Å². The Morgan fingerprint density at radius 1 is 1.22 bits per heavy atom. The van der Waals surface area contributed by atoms with E-state index in [2.05, 4.69) is 43.2 Å². The quantitative estimate of drug-likeness (QED) is 0.432. The van der Waals surface area contributed by atoms with Crippen LogP contribution in [-0.4, -0.2) is 23.0 Å². The molecule has 1 saturated heterocycles. The van der Waals surface area contributed by atoms with Gasteiger partial charge in [-0.15, -0.1) is 6.42 Å². The Bertz CT molecular complexity index is 778. The summed E-state index contributed by atoms with van der Waals surface area (Å²) in [6, 6.07) is 0. The van der Waals surface area contributed by atoms with E-state index in [1.165, 1.54) is 57.3 Å². The van der Waals surface area contributed by atoms with E-state index >= 15 is 0 Å². The molecule has 0 amide bonds. The first-order chi connectivity index (χ1) is 15.2. The molecule has 2 aliphatic rings. The number of allylic oxidation sites excluding steroid dienone is 2. The molecule has 1 aliphatic carbocycles. The molecule has 1 aromatic heterocycles. The Balaban J connectivity index is 0.000000307. The molecule has 0 spiro atoms.